The van der Waals surface area contributed by atoms with Crippen molar-refractivity contribution in [3.8, 4) is 0 Å². The summed E-state index contributed by atoms with van der Waals surface area (Å²) in [7, 11) is 0. The second-order valence-corrected chi connectivity index (χ2v) is 7.68. The number of hydrogen-bond donors (Lipinski definition) is 1. The first-order valence-corrected chi connectivity index (χ1v) is 9.83. The van der Waals surface area contributed by atoms with E-state index in [1.54, 1.807) is 0 Å². The molecule has 0 aromatic heterocycles. The summed E-state index contributed by atoms with van der Waals surface area (Å²) in [4.78, 5) is 23.4. The lowest BCUT2D eigenvalue weighted by Crippen LogP contribution is -2.37. The van der Waals surface area contributed by atoms with Gasteiger partial charge in [-0.3, -0.25) is 9.59 Å². The van der Waals surface area contributed by atoms with Crippen LogP contribution in [-0.2, 0) is 16.0 Å². The van der Waals surface area contributed by atoms with E-state index < -0.39 is 5.97 Å². The Morgan fingerprint density at radius 3 is 2.60 bits per heavy atom. The van der Waals surface area contributed by atoms with Gasteiger partial charge in [0.2, 0.25) is 0 Å². The number of Topliss-reactive ketones (excluding diaryl/α,β-unsaturated/α-hetero) is 1. The van der Waals surface area contributed by atoms with E-state index in [4.69, 9.17) is 0 Å². The minimum atomic E-state index is -0.728. The summed E-state index contributed by atoms with van der Waals surface area (Å²) in [5.74, 6) is -0.268. The second-order valence-electron chi connectivity index (χ2n) is 7.68. The van der Waals surface area contributed by atoms with Crippen molar-refractivity contribution in [1.29, 1.82) is 0 Å². The van der Waals surface area contributed by atoms with Gasteiger partial charge in [-0.25, -0.2) is 0 Å². The van der Waals surface area contributed by atoms with Gasteiger partial charge in [0.05, 0.1) is 0 Å². The lowest BCUT2D eigenvalue weighted by atomic mass is 9.61. The van der Waals surface area contributed by atoms with Crippen molar-refractivity contribution in [2.75, 3.05) is 0 Å². The van der Waals surface area contributed by atoms with Crippen LogP contribution in [0.2, 0.25) is 0 Å². The van der Waals surface area contributed by atoms with E-state index in [0.717, 1.165) is 51.4 Å². The largest absolute Gasteiger partial charge is 0.481 e. The summed E-state index contributed by atoms with van der Waals surface area (Å²) in [6, 6.07) is 10.5. The molecule has 0 aliphatic heterocycles. The molecule has 2 unspecified atom stereocenters. The quantitative estimate of drug-likeness (QED) is 0.577. The van der Waals surface area contributed by atoms with Gasteiger partial charge in [-0.2, -0.15) is 0 Å². The molecule has 3 heteroatoms. The number of rotatable bonds is 10. The lowest BCUT2D eigenvalue weighted by Gasteiger charge is -2.43. The van der Waals surface area contributed by atoms with Crippen LogP contribution in [0.5, 0.6) is 0 Å². The maximum atomic E-state index is 12.1. The molecule has 25 heavy (non-hydrogen) atoms. The third-order valence-corrected chi connectivity index (χ3v) is 5.94. The van der Waals surface area contributed by atoms with Gasteiger partial charge in [0.1, 0.15) is 5.78 Å². The Balaban J connectivity index is 1.89. The summed E-state index contributed by atoms with van der Waals surface area (Å²) in [6.45, 7) is 2.07. The van der Waals surface area contributed by atoms with Crippen LogP contribution in [0.4, 0.5) is 0 Å². The topological polar surface area (TPSA) is 54.4 Å². The molecule has 1 aliphatic carbocycles. The van der Waals surface area contributed by atoms with Crippen molar-refractivity contribution < 1.29 is 14.7 Å². The zero-order valence-corrected chi connectivity index (χ0v) is 15.5. The number of carbonyl (C=O) groups is 2. The molecular weight excluding hydrogens is 312 g/mol. The maximum Gasteiger partial charge on any atom is 0.303 e. The summed E-state index contributed by atoms with van der Waals surface area (Å²) in [5, 5.41) is 9.28. The van der Waals surface area contributed by atoms with Gasteiger partial charge >= 0.3 is 5.97 Å². The molecule has 2 atom stereocenters. The summed E-state index contributed by atoms with van der Waals surface area (Å²) >= 11 is 0. The summed E-state index contributed by atoms with van der Waals surface area (Å²) in [6.07, 6.45) is 9.77. The Morgan fingerprint density at radius 2 is 1.96 bits per heavy atom. The number of carboxylic acids is 1. The molecule has 0 heterocycles. The van der Waals surface area contributed by atoms with Crippen molar-refractivity contribution in [3.05, 3.63) is 35.9 Å². The molecular formula is C22H32O3. The molecule has 0 amide bonds. The highest BCUT2D eigenvalue weighted by atomic mass is 16.4. The molecule has 138 valence electrons. The molecule has 0 radical (unpaired) electrons. The average Bonchev–Trinajstić information content (AvgIpc) is 2.60. The number of aliphatic carboxylic acids is 1. The standard InChI is InChI=1S/C22H32O3/c1-2-19(16-21(24)25)22(15-9-13-20(23)17-22)14-8-4-7-12-18-10-5-3-6-11-18/h3,5-6,10-11,19H,2,4,7-9,12-17H2,1H3,(H,24,25). The molecule has 0 bridgehead atoms. The predicted octanol–water partition coefficient (Wildman–Crippen LogP) is 5.42. The third kappa shape index (κ3) is 5.98. The first-order chi connectivity index (χ1) is 12.1. The first-order valence-electron chi connectivity index (χ1n) is 9.83. The van der Waals surface area contributed by atoms with Crippen molar-refractivity contribution in [1.82, 2.24) is 0 Å². The number of unbranched alkanes of at least 4 members (excludes halogenated alkanes) is 2. The minimum Gasteiger partial charge on any atom is -0.481 e. The second kappa shape index (κ2) is 9.74. The fourth-order valence-electron chi connectivity index (χ4n) is 4.61. The fourth-order valence-corrected chi connectivity index (χ4v) is 4.61. The van der Waals surface area contributed by atoms with Crippen LogP contribution in [0.15, 0.2) is 30.3 Å². The summed E-state index contributed by atoms with van der Waals surface area (Å²) in [5.41, 5.74) is 1.30. The Bertz CT molecular complexity index is 552. The van der Waals surface area contributed by atoms with Crippen LogP contribution in [0.3, 0.4) is 0 Å². The number of benzene rings is 1. The number of aryl methyl sites for hydroxylation is 1. The number of carbonyl (C=O) groups excluding carboxylic acids is 1. The van der Waals surface area contributed by atoms with E-state index in [0.29, 0.717) is 18.6 Å². The molecule has 3 nitrogen and oxygen atoms in total. The van der Waals surface area contributed by atoms with E-state index in [9.17, 15) is 14.7 Å². The Kier molecular flexibility index (Phi) is 7.67. The molecule has 1 fully saturated rings. The molecule has 1 aliphatic rings. The van der Waals surface area contributed by atoms with Crippen LogP contribution in [-0.4, -0.2) is 16.9 Å². The highest BCUT2D eigenvalue weighted by Crippen LogP contribution is 2.48. The third-order valence-electron chi connectivity index (χ3n) is 5.94. The van der Waals surface area contributed by atoms with Gasteiger partial charge in [0.15, 0.2) is 0 Å². The van der Waals surface area contributed by atoms with Crippen molar-refractivity contribution in [2.24, 2.45) is 11.3 Å². The van der Waals surface area contributed by atoms with Crippen LogP contribution in [0.25, 0.3) is 0 Å². The van der Waals surface area contributed by atoms with Crippen LogP contribution >= 0.6 is 0 Å². The highest BCUT2D eigenvalue weighted by Gasteiger charge is 2.41. The number of hydrogen-bond acceptors (Lipinski definition) is 2. The van der Waals surface area contributed by atoms with Gasteiger partial charge in [0, 0.05) is 19.3 Å². The van der Waals surface area contributed by atoms with Gasteiger partial charge in [0.25, 0.3) is 0 Å². The van der Waals surface area contributed by atoms with Gasteiger partial charge in [-0.05, 0) is 49.0 Å². The molecule has 0 saturated heterocycles. The van der Waals surface area contributed by atoms with Gasteiger partial charge in [-0.15, -0.1) is 0 Å². The Morgan fingerprint density at radius 1 is 1.20 bits per heavy atom. The van der Waals surface area contributed by atoms with Gasteiger partial charge in [-0.1, -0.05) is 56.5 Å². The van der Waals surface area contributed by atoms with Crippen molar-refractivity contribution in [3.63, 3.8) is 0 Å². The van der Waals surface area contributed by atoms with Crippen molar-refractivity contribution in [2.45, 2.75) is 77.6 Å². The zero-order valence-electron chi connectivity index (χ0n) is 15.5. The number of carboxylic acid groups (broad SMARTS) is 1. The van der Waals surface area contributed by atoms with Crippen LogP contribution in [0, 0.1) is 11.3 Å². The smallest absolute Gasteiger partial charge is 0.303 e. The van der Waals surface area contributed by atoms with E-state index in [1.807, 2.05) is 6.07 Å². The van der Waals surface area contributed by atoms with Gasteiger partial charge < -0.3 is 5.11 Å². The minimum absolute atomic E-state index is 0.0742. The molecule has 1 aromatic rings. The molecule has 1 N–H and O–H groups in total. The highest BCUT2D eigenvalue weighted by molar-refractivity contribution is 5.80. The number of ketones is 1. The van der Waals surface area contributed by atoms with E-state index in [2.05, 4.69) is 31.2 Å². The molecule has 1 aromatic carbocycles. The predicted molar refractivity (Wildman–Crippen MR) is 101 cm³/mol. The van der Waals surface area contributed by atoms with Crippen LogP contribution in [0.1, 0.15) is 76.7 Å². The van der Waals surface area contributed by atoms with Crippen molar-refractivity contribution >= 4 is 11.8 Å². The monoisotopic (exact) mass is 344 g/mol. The van der Waals surface area contributed by atoms with E-state index >= 15 is 0 Å². The van der Waals surface area contributed by atoms with Crippen LogP contribution < -0.4 is 0 Å². The molecule has 0 spiro atoms. The Hall–Kier alpha value is -1.64. The summed E-state index contributed by atoms with van der Waals surface area (Å²) < 4.78 is 0. The average molecular weight is 344 g/mol. The van der Waals surface area contributed by atoms with E-state index in [-0.39, 0.29) is 17.8 Å². The van der Waals surface area contributed by atoms with E-state index in [1.165, 1.54) is 5.56 Å². The maximum absolute atomic E-state index is 12.1. The molecule has 2 rings (SSSR count). The normalized spacial score (nSPS) is 21.9. The first kappa shape index (κ1) is 19.7. The Labute approximate surface area is 151 Å². The molecule has 1 saturated carbocycles. The SMILES string of the molecule is CCC(CC(=O)O)C1(CCCCCc2ccccc2)CCCC(=O)C1. The lowest BCUT2D eigenvalue weighted by molar-refractivity contribution is -0.141. The zero-order chi connectivity index (χ0) is 18.1. The fraction of sp³-hybridized carbons (Fsp3) is 0.636.